The number of carbonyl (C=O) groups is 1. The number of anilines is 1. The van der Waals surface area contributed by atoms with Crippen LogP contribution in [0.3, 0.4) is 0 Å². The SMILES string of the molecule is Cn1ncc2c(F)c(C(=O)Nc3ccc4c(c3)C(c3cncnc3)=NC4)c(F)cc21. The fourth-order valence-corrected chi connectivity index (χ4v) is 3.55. The topological polar surface area (TPSA) is 85.1 Å². The molecule has 1 N–H and O–H groups in total. The lowest BCUT2D eigenvalue weighted by atomic mass is 10.0. The minimum atomic E-state index is -0.953. The first-order valence-electron chi connectivity index (χ1n) is 9.07. The van der Waals surface area contributed by atoms with Gasteiger partial charge in [0.25, 0.3) is 5.91 Å². The minimum Gasteiger partial charge on any atom is -0.322 e. The number of nitrogens with zero attached hydrogens (tertiary/aromatic N) is 5. The average Bonchev–Trinajstić information content (AvgIpc) is 3.32. The molecule has 2 aromatic carbocycles. The Morgan fingerprint density at radius 3 is 2.73 bits per heavy atom. The molecule has 148 valence electrons. The van der Waals surface area contributed by atoms with Gasteiger partial charge in [0.15, 0.2) is 0 Å². The highest BCUT2D eigenvalue weighted by molar-refractivity contribution is 6.16. The largest absolute Gasteiger partial charge is 0.322 e. The van der Waals surface area contributed by atoms with Crippen LogP contribution in [0.5, 0.6) is 0 Å². The van der Waals surface area contributed by atoms with Crippen molar-refractivity contribution in [2.75, 3.05) is 5.32 Å². The second kappa shape index (κ2) is 6.80. The lowest BCUT2D eigenvalue weighted by Crippen LogP contribution is -2.16. The molecule has 1 amide bonds. The summed E-state index contributed by atoms with van der Waals surface area (Å²) in [6.45, 7) is 0.495. The van der Waals surface area contributed by atoms with E-state index in [4.69, 9.17) is 0 Å². The average molecular weight is 404 g/mol. The maximum Gasteiger partial charge on any atom is 0.261 e. The molecule has 0 saturated heterocycles. The molecule has 2 aromatic heterocycles. The maximum absolute atomic E-state index is 14.8. The monoisotopic (exact) mass is 404 g/mol. The first kappa shape index (κ1) is 18.0. The summed E-state index contributed by atoms with van der Waals surface area (Å²) in [4.78, 5) is 25.2. The van der Waals surface area contributed by atoms with Gasteiger partial charge in [0.2, 0.25) is 0 Å². The van der Waals surface area contributed by atoms with Crippen molar-refractivity contribution in [2.24, 2.45) is 12.0 Å². The van der Waals surface area contributed by atoms with E-state index in [0.717, 1.165) is 22.8 Å². The number of amides is 1. The van der Waals surface area contributed by atoms with Crippen molar-refractivity contribution in [3.63, 3.8) is 0 Å². The van der Waals surface area contributed by atoms with Crippen molar-refractivity contribution < 1.29 is 13.6 Å². The number of rotatable bonds is 3. The second-order valence-electron chi connectivity index (χ2n) is 6.87. The van der Waals surface area contributed by atoms with Crippen LogP contribution in [0.25, 0.3) is 10.9 Å². The third-order valence-corrected chi connectivity index (χ3v) is 5.03. The first-order valence-corrected chi connectivity index (χ1v) is 9.07. The molecule has 0 unspecified atom stereocenters. The highest BCUT2D eigenvalue weighted by atomic mass is 19.1. The molecule has 0 spiro atoms. The Labute approximate surface area is 169 Å². The van der Waals surface area contributed by atoms with E-state index < -0.39 is 23.1 Å². The van der Waals surface area contributed by atoms with Gasteiger partial charge >= 0.3 is 0 Å². The van der Waals surface area contributed by atoms with E-state index in [-0.39, 0.29) is 10.9 Å². The van der Waals surface area contributed by atoms with Gasteiger partial charge < -0.3 is 5.32 Å². The maximum atomic E-state index is 14.8. The number of aliphatic imine (C=N–C) groups is 1. The number of fused-ring (bicyclic) bond motifs is 2. The Morgan fingerprint density at radius 2 is 1.93 bits per heavy atom. The molecule has 0 bridgehead atoms. The molecule has 9 heteroatoms. The van der Waals surface area contributed by atoms with Crippen LogP contribution in [0.2, 0.25) is 0 Å². The summed E-state index contributed by atoms with van der Waals surface area (Å²) < 4.78 is 30.7. The molecule has 0 saturated carbocycles. The molecule has 3 heterocycles. The number of aryl methyl sites for hydroxylation is 1. The summed E-state index contributed by atoms with van der Waals surface area (Å²) in [5.74, 6) is -2.78. The molecule has 0 aliphatic carbocycles. The fraction of sp³-hybridized carbons (Fsp3) is 0.0952. The summed E-state index contributed by atoms with van der Waals surface area (Å²) in [5.41, 5.74) is 3.25. The fourth-order valence-electron chi connectivity index (χ4n) is 3.55. The van der Waals surface area contributed by atoms with Crippen LogP contribution in [-0.2, 0) is 13.6 Å². The molecular formula is C21H14F2N6O. The van der Waals surface area contributed by atoms with Crippen molar-refractivity contribution in [3.8, 4) is 0 Å². The first-order chi connectivity index (χ1) is 14.5. The Kier molecular flexibility index (Phi) is 4.09. The van der Waals surface area contributed by atoms with Crippen LogP contribution in [-0.4, -0.2) is 31.4 Å². The van der Waals surface area contributed by atoms with Gasteiger partial charge in [-0.15, -0.1) is 0 Å². The second-order valence-corrected chi connectivity index (χ2v) is 6.87. The number of hydrogen-bond donors (Lipinski definition) is 1. The van der Waals surface area contributed by atoms with E-state index in [1.165, 1.54) is 17.2 Å². The van der Waals surface area contributed by atoms with Crippen molar-refractivity contribution in [3.05, 3.63) is 83.1 Å². The van der Waals surface area contributed by atoms with Gasteiger partial charge in [0, 0.05) is 42.3 Å². The number of hydrogen-bond acceptors (Lipinski definition) is 5. The van der Waals surface area contributed by atoms with Gasteiger partial charge in [-0.2, -0.15) is 5.10 Å². The molecule has 7 nitrogen and oxygen atoms in total. The molecule has 5 rings (SSSR count). The highest BCUT2D eigenvalue weighted by Crippen LogP contribution is 2.28. The summed E-state index contributed by atoms with van der Waals surface area (Å²) in [7, 11) is 1.57. The number of aromatic nitrogens is 4. The Bertz CT molecular complexity index is 1350. The molecule has 30 heavy (non-hydrogen) atoms. The molecule has 0 radical (unpaired) electrons. The van der Waals surface area contributed by atoms with Crippen molar-refractivity contribution in [1.82, 2.24) is 19.7 Å². The number of carbonyl (C=O) groups excluding carboxylic acids is 1. The minimum absolute atomic E-state index is 0.0801. The predicted molar refractivity (Wildman–Crippen MR) is 106 cm³/mol. The normalized spacial score (nSPS) is 12.7. The number of halogens is 2. The van der Waals surface area contributed by atoms with Gasteiger partial charge in [-0.25, -0.2) is 18.7 Å². The van der Waals surface area contributed by atoms with Crippen molar-refractivity contribution in [2.45, 2.75) is 6.54 Å². The van der Waals surface area contributed by atoms with E-state index in [1.807, 2.05) is 6.07 Å². The van der Waals surface area contributed by atoms with Crippen LogP contribution in [0, 0.1) is 11.6 Å². The standard InChI is InChI=1S/C21H14F2N6O/c1-29-17-5-16(22)18(19(23)15(17)9-27-29)21(30)28-13-3-2-11-8-26-20(14(11)4-13)12-6-24-10-25-7-12/h2-7,9-10H,8H2,1H3,(H,28,30). The van der Waals surface area contributed by atoms with E-state index in [2.05, 4.69) is 25.4 Å². The number of nitrogens with one attached hydrogen (secondary N) is 1. The highest BCUT2D eigenvalue weighted by Gasteiger charge is 2.23. The third kappa shape index (κ3) is 2.83. The van der Waals surface area contributed by atoms with E-state index in [1.54, 1.807) is 31.6 Å². The lowest BCUT2D eigenvalue weighted by molar-refractivity contribution is 0.101. The van der Waals surface area contributed by atoms with Gasteiger partial charge in [-0.3, -0.25) is 14.5 Å². The van der Waals surface area contributed by atoms with E-state index in [0.29, 0.717) is 17.9 Å². The van der Waals surface area contributed by atoms with Crippen LogP contribution >= 0.6 is 0 Å². The zero-order valence-corrected chi connectivity index (χ0v) is 15.7. The summed E-state index contributed by atoms with van der Waals surface area (Å²) in [6.07, 6.45) is 6.00. The molecule has 4 aromatic rings. The molecule has 1 aliphatic heterocycles. The number of benzene rings is 2. The Morgan fingerprint density at radius 1 is 1.13 bits per heavy atom. The lowest BCUT2D eigenvalue weighted by Gasteiger charge is -2.10. The van der Waals surface area contributed by atoms with Crippen LogP contribution < -0.4 is 5.32 Å². The zero-order chi connectivity index (χ0) is 20.8. The Hall–Kier alpha value is -4.01. The van der Waals surface area contributed by atoms with Gasteiger partial charge in [0.1, 0.15) is 23.5 Å². The third-order valence-electron chi connectivity index (χ3n) is 5.03. The molecular weight excluding hydrogens is 390 g/mol. The van der Waals surface area contributed by atoms with Gasteiger partial charge in [0.05, 0.1) is 29.4 Å². The van der Waals surface area contributed by atoms with Gasteiger partial charge in [-0.05, 0) is 17.7 Å². The van der Waals surface area contributed by atoms with Crippen LogP contribution in [0.1, 0.15) is 27.0 Å². The quantitative estimate of drug-likeness (QED) is 0.568. The molecule has 0 atom stereocenters. The predicted octanol–water partition coefficient (Wildman–Crippen LogP) is 3.24. The van der Waals surface area contributed by atoms with Crippen molar-refractivity contribution >= 4 is 28.2 Å². The molecule has 1 aliphatic rings. The zero-order valence-electron chi connectivity index (χ0n) is 15.7. The van der Waals surface area contributed by atoms with Crippen LogP contribution in [0.15, 0.2) is 54.2 Å². The summed E-state index contributed by atoms with van der Waals surface area (Å²) >= 11 is 0. The van der Waals surface area contributed by atoms with Gasteiger partial charge in [-0.1, -0.05) is 6.07 Å². The summed E-state index contributed by atoms with van der Waals surface area (Å²) in [5, 5.41) is 6.57. The molecule has 0 fully saturated rings. The smallest absolute Gasteiger partial charge is 0.261 e. The van der Waals surface area contributed by atoms with E-state index >= 15 is 0 Å². The van der Waals surface area contributed by atoms with E-state index in [9.17, 15) is 13.6 Å². The van der Waals surface area contributed by atoms with Crippen LogP contribution in [0.4, 0.5) is 14.5 Å². The Balaban J connectivity index is 1.49. The summed E-state index contributed by atoms with van der Waals surface area (Å²) in [6, 6.07) is 6.32. The van der Waals surface area contributed by atoms with Crippen molar-refractivity contribution in [1.29, 1.82) is 0 Å².